The first kappa shape index (κ1) is 29.8. The lowest BCUT2D eigenvalue weighted by Crippen LogP contribution is -2.55. The number of thioether (sulfide) groups is 1. The third-order valence-corrected chi connectivity index (χ3v) is 10.1. The van der Waals surface area contributed by atoms with Gasteiger partial charge in [-0.3, -0.25) is 9.59 Å². The highest BCUT2D eigenvalue weighted by atomic mass is 35.5. The van der Waals surface area contributed by atoms with Crippen molar-refractivity contribution in [3.63, 3.8) is 0 Å². The molecule has 3 aliphatic heterocycles. The van der Waals surface area contributed by atoms with E-state index in [4.69, 9.17) is 26.1 Å². The summed E-state index contributed by atoms with van der Waals surface area (Å²) >= 11 is 7.80. The molecular weight excluding hydrogens is 588 g/mol. The number of amides is 2. The van der Waals surface area contributed by atoms with Gasteiger partial charge < -0.3 is 25.0 Å². The summed E-state index contributed by atoms with van der Waals surface area (Å²) in [6, 6.07) is 5.94. The molecule has 6 rings (SSSR count). The number of carbonyl (C=O) groups is 3. The molecule has 43 heavy (non-hydrogen) atoms. The predicted octanol–water partition coefficient (Wildman–Crippen LogP) is 4.64. The number of anilines is 1. The second-order valence-electron chi connectivity index (χ2n) is 11.8. The van der Waals surface area contributed by atoms with Gasteiger partial charge in [0.2, 0.25) is 17.0 Å². The lowest BCUT2D eigenvalue weighted by molar-refractivity contribution is -0.148. The largest absolute Gasteiger partial charge is 0.468 e. The zero-order valence-electron chi connectivity index (χ0n) is 24.1. The summed E-state index contributed by atoms with van der Waals surface area (Å²) in [7, 11) is 1.33. The minimum Gasteiger partial charge on any atom is -0.468 e. The first-order valence-electron chi connectivity index (χ1n) is 15.0. The van der Waals surface area contributed by atoms with Crippen LogP contribution in [0, 0.1) is 5.92 Å². The average molecular weight is 625 g/mol. The summed E-state index contributed by atoms with van der Waals surface area (Å²) in [6.07, 6.45) is 16.8. The number of nitrogens with one attached hydrogen (secondary N) is 2. The highest BCUT2D eigenvalue weighted by Gasteiger charge is 2.62. The third-order valence-electron chi connectivity index (χ3n) is 8.77. The minimum absolute atomic E-state index is 0.0211. The molecule has 0 bridgehead atoms. The van der Waals surface area contributed by atoms with E-state index in [1.807, 2.05) is 36.4 Å². The number of esters is 1. The molecule has 0 radical (unpaired) electrons. The SMILES string of the molecule is COC(=O)[C@@]12C[C@H]1/C=C\CCCCC[C@H](Nc1cccc(Cl)c1)C(=O)N1C[C@H](OC3=NC4C=CC=CC4S3)C[C@H]1C(=O)N2. The fraction of sp³-hybridized carbons (Fsp3) is 0.500. The number of methoxy groups -OCH3 is 1. The van der Waals surface area contributed by atoms with E-state index in [2.05, 4.69) is 22.8 Å². The molecule has 1 aromatic rings. The van der Waals surface area contributed by atoms with Crippen molar-refractivity contribution in [1.82, 2.24) is 10.2 Å². The van der Waals surface area contributed by atoms with Crippen LogP contribution in [0.3, 0.4) is 0 Å². The van der Waals surface area contributed by atoms with E-state index < -0.39 is 29.7 Å². The molecule has 1 saturated carbocycles. The van der Waals surface area contributed by atoms with Gasteiger partial charge in [-0.25, -0.2) is 9.79 Å². The van der Waals surface area contributed by atoms with Gasteiger partial charge in [-0.05, 0) is 43.9 Å². The Morgan fingerprint density at radius 1 is 1.19 bits per heavy atom. The fourth-order valence-electron chi connectivity index (χ4n) is 6.36. The second kappa shape index (κ2) is 12.8. The molecule has 3 heterocycles. The van der Waals surface area contributed by atoms with Crippen LogP contribution in [-0.2, 0) is 23.9 Å². The Hall–Kier alpha value is -3.24. The van der Waals surface area contributed by atoms with Crippen LogP contribution in [0.5, 0.6) is 0 Å². The van der Waals surface area contributed by atoms with Crippen molar-refractivity contribution in [3.8, 4) is 0 Å². The Morgan fingerprint density at radius 2 is 2.05 bits per heavy atom. The lowest BCUT2D eigenvalue weighted by Gasteiger charge is -2.30. The van der Waals surface area contributed by atoms with Crippen molar-refractivity contribution in [2.24, 2.45) is 10.9 Å². The summed E-state index contributed by atoms with van der Waals surface area (Å²) in [5.74, 6) is -1.17. The standard InChI is InChI=1S/C32H37ClN4O5S/c1-41-30(40)32-18-20(32)10-5-3-2-4-6-14-25(34-22-12-9-11-21(33)16-22)29(39)37-19-23(17-26(37)28(38)36-32)42-31-35-24-13-7-8-15-27(24)43-31/h5,7-13,15-16,20,23-27,34H,2-4,6,14,17-19H2,1H3,(H,36,38)/b10-5-/t20-,23-,24?,25+,26+,27?,32-/m1/s1. The maximum Gasteiger partial charge on any atom is 0.332 e. The quantitative estimate of drug-likeness (QED) is 0.371. The van der Waals surface area contributed by atoms with E-state index in [-0.39, 0.29) is 35.6 Å². The molecular formula is C32H37ClN4O5S. The van der Waals surface area contributed by atoms with Crippen LogP contribution >= 0.6 is 23.4 Å². The van der Waals surface area contributed by atoms with Gasteiger partial charge in [-0.2, -0.15) is 0 Å². The molecule has 2 aliphatic carbocycles. The van der Waals surface area contributed by atoms with Crippen molar-refractivity contribution in [3.05, 3.63) is 65.7 Å². The average Bonchev–Trinajstić information content (AvgIpc) is 3.31. The predicted molar refractivity (Wildman–Crippen MR) is 168 cm³/mol. The summed E-state index contributed by atoms with van der Waals surface area (Å²) in [6.45, 7) is 0.236. The third kappa shape index (κ3) is 6.50. The van der Waals surface area contributed by atoms with Gasteiger partial charge in [0.15, 0.2) is 0 Å². The number of carbonyl (C=O) groups excluding carboxylic acids is 3. The molecule has 1 saturated heterocycles. The molecule has 2 N–H and O–H groups in total. The van der Waals surface area contributed by atoms with Crippen molar-refractivity contribution >= 4 is 52.1 Å². The van der Waals surface area contributed by atoms with Crippen LogP contribution in [0.2, 0.25) is 5.02 Å². The van der Waals surface area contributed by atoms with Crippen LogP contribution in [0.25, 0.3) is 0 Å². The first-order chi connectivity index (χ1) is 20.9. The molecule has 228 valence electrons. The second-order valence-corrected chi connectivity index (χ2v) is 13.3. The van der Waals surface area contributed by atoms with Gasteiger partial charge in [-0.15, -0.1) is 0 Å². The maximum absolute atomic E-state index is 14.3. The Kier molecular flexibility index (Phi) is 8.86. The molecule has 9 nitrogen and oxygen atoms in total. The molecule has 7 atom stereocenters. The molecule has 2 fully saturated rings. The summed E-state index contributed by atoms with van der Waals surface area (Å²) in [5.41, 5.74) is -0.375. The number of fused-ring (bicyclic) bond motifs is 3. The van der Waals surface area contributed by atoms with Gasteiger partial charge in [0.1, 0.15) is 23.7 Å². The van der Waals surface area contributed by atoms with Gasteiger partial charge in [-0.1, -0.05) is 78.7 Å². The van der Waals surface area contributed by atoms with E-state index in [1.54, 1.807) is 28.8 Å². The number of hydrogen-bond donors (Lipinski definition) is 2. The number of allylic oxidation sites excluding steroid dienone is 3. The minimum atomic E-state index is -1.12. The molecule has 11 heteroatoms. The van der Waals surface area contributed by atoms with Crippen molar-refractivity contribution in [2.75, 3.05) is 19.0 Å². The topological polar surface area (TPSA) is 109 Å². The number of halogens is 1. The zero-order valence-corrected chi connectivity index (χ0v) is 25.7. The number of hydrogen-bond acceptors (Lipinski definition) is 8. The molecule has 5 aliphatic rings. The number of nitrogens with zero attached hydrogens (tertiary/aromatic N) is 2. The van der Waals surface area contributed by atoms with Gasteiger partial charge >= 0.3 is 5.97 Å². The molecule has 2 unspecified atom stereocenters. The van der Waals surface area contributed by atoms with Gasteiger partial charge in [0.05, 0.1) is 24.9 Å². The highest BCUT2D eigenvalue weighted by molar-refractivity contribution is 8.14. The van der Waals surface area contributed by atoms with Gasteiger partial charge in [0, 0.05) is 23.0 Å². The zero-order chi connectivity index (χ0) is 30.0. The van der Waals surface area contributed by atoms with Crippen LogP contribution in [-0.4, -0.2) is 76.6 Å². The smallest absolute Gasteiger partial charge is 0.332 e. The van der Waals surface area contributed by atoms with Crippen LogP contribution < -0.4 is 10.6 Å². The fourth-order valence-corrected chi connectivity index (χ4v) is 7.62. The first-order valence-corrected chi connectivity index (χ1v) is 16.3. The molecule has 2 amide bonds. The number of benzene rings is 1. The monoisotopic (exact) mass is 624 g/mol. The molecule has 0 spiro atoms. The highest BCUT2D eigenvalue weighted by Crippen LogP contribution is 2.46. The summed E-state index contributed by atoms with van der Waals surface area (Å²) < 4.78 is 11.4. The summed E-state index contributed by atoms with van der Waals surface area (Å²) in [5, 5.41) is 7.71. The van der Waals surface area contributed by atoms with Gasteiger partial charge in [0.25, 0.3) is 0 Å². The van der Waals surface area contributed by atoms with Crippen LogP contribution in [0.15, 0.2) is 65.7 Å². The van der Waals surface area contributed by atoms with Crippen molar-refractivity contribution in [1.29, 1.82) is 0 Å². The Labute approximate surface area is 261 Å². The van der Waals surface area contributed by atoms with Crippen LogP contribution in [0.4, 0.5) is 5.69 Å². The lowest BCUT2D eigenvalue weighted by atomic mass is 10.0. The molecule has 1 aromatic carbocycles. The van der Waals surface area contributed by atoms with Crippen LogP contribution in [0.1, 0.15) is 44.9 Å². The van der Waals surface area contributed by atoms with E-state index in [0.29, 0.717) is 29.5 Å². The Balaban J connectivity index is 1.27. The van der Waals surface area contributed by atoms with Crippen molar-refractivity contribution < 1.29 is 23.9 Å². The van der Waals surface area contributed by atoms with E-state index >= 15 is 0 Å². The number of aliphatic imine (C=N–C) groups is 1. The summed E-state index contributed by atoms with van der Waals surface area (Å²) in [4.78, 5) is 47.5. The molecule has 0 aromatic heterocycles. The number of rotatable bonds is 4. The van der Waals surface area contributed by atoms with E-state index in [1.165, 1.54) is 7.11 Å². The Morgan fingerprint density at radius 3 is 2.86 bits per heavy atom. The van der Waals surface area contributed by atoms with Crippen molar-refractivity contribution in [2.45, 2.75) is 80.0 Å². The number of ether oxygens (including phenoxy) is 2. The maximum atomic E-state index is 14.3. The Bertz CT molecular complexity index is 1380. The van der Waals surface area contributed by atoms with E-state index in [9.17, 15) is 14.4 Å². The van der Waals surface area contributed by atoms with E-state index in [0.717, 1.165) is 31.4 Å². The normalized spacial score (nSPS) is 34.5.